The summed E-state index contributed by atoms with van der Waals surface area (Å²) in [6.45, 7) is 4.15. The number of halogens is 2. The first kappa shape index (κ1) is 37.2. The van der Waals surface area contributed by atoms with Gasteiger partial charge in [-0.3, -0.25) is 14.4 Å². The molecule has 0 aromatic heterocycles. The zero-order valence-corrected chi connectivity index (χ0v) is 28.2. The Labute approximate surface area is 289 Å². The van der Waals surface area contributed by atoms with Gasteiger partial charge in [0.15, 0.2) is 17.3 Å². The summed E-state index contributed by atoms with van der Waals surface area (Å²) >= 11 is 0. The van der Waals surface area contributed by atoms with Crippen LogP contribution >= 0.6 is 0 Å². The fourth-order valence-electron chi connectivity index (χ4n) is 5.03. The molecule has 0 spiro atoms. The van der Waals surface area contributed by atoms with Gasteiger partial charge in [-0.2, -0.15) is 0 Å². The number of anilines is 1. The van der Waals surface area contributed by atoms with Crippen LogP contribution in [0.25, 0.3) is 0 Å². The number of methoxy groups -OCH3 is 1. The van der Waals surface area contributed by atoms with Gasteiger partial charge < -0.3 is 24.8 Å². The van der Waals surface area contributed by atoms with Crippen molar-refractivity contribution in [3.8, 4) is 17.2 Å². The van der Waals surface area contributed by atoms with E-state index in [0.717, 1.165) is 25.0 Å². The summed E-state index contributed by atoms with van der Waals surface area (Å²) in [6.07, 6.45) is 5.82. The highest BCUT2D eigenvalue weighted by atomic mass is 19.1. The molecule has 0 aliphatic carbocycles. The number of amides is 2. The van der Waals surface area contributed by atoms with Crippen LogP contribution in [0.3, 0.4) is 0 Å². The van der Waals surface area contributed by atoms with Crippen molar-refractivity contribution in [2.24, 2.45) is 0 Å². The highest BCUT2D eigenvalue weighted by Crippen LogP contribution is 2.30. The number of Topliss-reactive ketones (excluding diaryl/α,β-unsaturated/α-hetero) is 1. The minimum absolute atomic E-state index is 0.129. The van der Waals surface area contributed by atoms with E-state index in [9.17, 15) is 28.0 Å². The standard InChI is InChI=1S/C39H40F2N2O7/c1-4-5-6-7-8-19-49-33-16-12-28(13-17-33)39(47)50-35-18-9-26(21-36(35)48-3)20-34(25(2)44)43-37(45)27-10-14-32(15-11-27)42-38(46)29-22-30(40)24-31(41)23-29/h9-18,21-24,34H,4-8,19-20H2,1-3H3,(H,42,46)(H,43,45). The lowest BCUT2D eigenvalue weighted by atomic mass is 10.0. The molecule has 0 saturated heterocycles. The molecule has 11 heteroatoms. The summed E-state index contributed by atoms with van der Waals surface area (Å²) in [4.78, 5) is 50.8. The van der Waals surface area contributed by atoms with E-state index in [1.807, 2.05) is 0 Å². The van der Waals surface area contributed by atoms with Gasteiger partial charge in [0.25, 0.3) is 11.8 Å². The summed E-state index contributed by atoms with van der Waals surface area (Å²) in [5, 5.41) is 5.23. The topological polar surface area (TPSA) is 120 Å². The maximum Gasteiger partial charge on any atom is 0.343 e. The van der Waals surface area contributed by atoms with Crippen molar-refractivity contribution in [3.05, 3.63) is 119 Å². The molecule has 50 heavy (non-hydrogen) atoms. The Bertz CT molecular complexity index is 1770. The number of hydrogen-bond donors (Lipinski definition) is 2. The maximum absolute atomic E-state index is 13.5. The quantitative estimate of drug-likeness (QED) is 0.0663. The monoisotopic (exact) mass is 686 g/mol. The summed E-state index contributed by atoms with van der Waals surface area (Å²) in [5.74, 6) is -2.76. The largest absolute Gasteiger partial charge is 0.494 e. The van der Waals surface area contributed by atoms with Crippen LogP contribution in [0, 0.1) is 11.6 Å². The SMILES string of the molecule is CCCCCCCOc1ccc(C(=O)Oc2ccc(CC(NC(=O)c3ccc(NC(=O)c4cc(F)cc(F)c4)cc3)C(C)=O)cc2OC)cc1. The number of nitrogens with one attached hydrogen (secondary N) is 2. The highest BCUT2D eigenvalue weighted by molar-refractivity contribution is 6.04. The molecule has 2 amide bonds. The van der Waals surface area contributed by atoms with Gasteiger partial charge in [-0.25, -0.2) is 13.6 Å². The van der Waals surface area contributed by atoms with Crippen LogP contribution in [-0.4, -0.2) is 43.3 Å². The van der Waals surface area contributed by atoms with Gasteiger partial charge in [0.1, 0.15) is 17.4 Å². The van der Waals surface area contributed by atoms with E-state index in [1.165, 1.54) is 57.6 Å². The Morgan fingerprint density at radius 3 is 2.02 bits per heavy atom. The second-order valence-corrected chi connectivity index (χ2v) is 11.7. The Kier molecular flexibility index (Phi) is 13.6. The first-order valence-electron chi connectivity index (χ1n) is 16.4. The molecule has 0 bridgehead atoms. The molecule has 1 atom stereocenters. The van der Waals surface area contributed by atoms with Gasteiger partial charge in [-0.1, -0.05) is 38.7 Å². The minimum Gasteiger partial charge on any atom is -0.494 e. The van der Waals surface area contributed by atoms with E-state index in [-0.39, 0.29) is 34.8 Å². The molecule has 0 saturated carbocycles. The second kappa shape index (κ2) is 18.3. The van der Waals surface area contributed by atoms with E-state index in [2.05, 4.69) is 17.6 Å². The molecule has 0 fully saturated rings. The van der Waals surface area contributed by atoms with Crippen molar-refractivity contribution in [1.29, 1.82) is 0 Å². The first-order chi connectivity index (χ1) is 24.1. The third-order valence-corrected chi connectivity index (χ3v) is 7.80. The molecule has 1 unspecified atom stereocenters. The van der Waals surface area contributed by atoms with Gasteiger partial charge in [0, 0.05) is 22.9 Å². The molecule has 0 aliphatic rings. The van der Waals surface area contributed by atoms with Crippen molar-refractivity contribution in [1.82, 2.24) is 5.32 Å². The highest BCUT2D eigenvalue weighted by Gasteiger charge is 2.21. The van der Waals surface area contributed by atoms with Crippen molar-refractivity contribution in [2.75, 3.05) is 19.0 Å². The zero-order chi connectivity index (χ0) is 36.0. The van der Waals surface area contributed by atoms with Crippen molar-refractivity contribution >= 4 is 29.3 Å². The lowest BCUT2D eigenvalue weighted by Crippen LogP contribution is -2.41. The lowest BCUT2D eigenvalue weighted by Gasteiger charge is -2.17. The predicted octanol–water partition coefficient (Wildman–Crippen LogP) is 7.72. The molecule has 2 N–H and O–H groups in total. The van der Waals surface area contributed by atoms with E-state index in [0.29, 0.717) is 35.2 Å². The summed E-state index contributed by atoms with van der Waals surface area (Å²) < 4.78 is 43.8. The maximum atomic E-state index is 13.5. The number of benzene rings is 4. The van der Waals surface area contributed by atoms with Crippen LogP contribution in [0.5, 0.6) is 17.2 Å². The van der Waals surface area contributed by atoms with Crippen LogP contribution < -0.4 is 24.8 Å². The van der Waals surface area contributed by atoms with Crippen molar-refractivity contribution in [2.45, 2.75) is 58.4 Å². The van der Waals surface area contributed by atoms with Crippen LogP contribution in [0.1, 0.15) is 82.6 Å². The Morgan fingerprint density at radius 2 is 1.38 bits per heavy atom. The van der Waals surface area contributed by atoms with Crippen LogP contribution in [0.4, 0.5) is 14.5 Å². The Balaban J connectivity index is 1.33. The fraction of sp³-hybridized carbons (Fsp3) is 0.282. The van der Waals surface area contributed by atoms with E-state index < -0.39 is 35.5 Å². The van der Waals surface area contributed by atoms with Crippen LogP contribution in [0.2, 0.25) is 0 Å². The molecule has 4 rings (SSSR count). The third-order valence-electron chi connectivity index (χ3n) is 7.80. The summed E-state index contributed by atoms with van der Waals surface area (Å²) in [7, 11) is 1.43. The predicted molar refractivity (Wildman–Crippen MR) is 185 cm³/mol. The number of carbonyl (C=O) groups excluding carboxylic acids is 4. The molecule has 9 nitrogen and oxygen atoms in total. The van der Waals surface area contributed by atoms with Crippen molar-refractivity contribution < 1.29 is 42.2 Å². The molecule has 262 valence electrons. The number of esters is 1. The number of unbranched alkanes of at least 4 members (excludes halogenated alkanes) is 4. The molecule has 0 radical (unpaired) electrons. The normalized spacial score (nSPS) is 11.3. The Hall–Kier alpha value is -5.58. The van der Waals surface area contributed by atoms with Gasteiger partial charge in [0.2, 0.25) is 0 Å². The van der Waals surface area contributed by atoms with E-state index in [4.69, 9.17) is 14.2 Å². The number of ether oxygens (including phenoxy) is 3. The average molecular weight is 687 g/mol. The van der Waals surface area contributed by atoms with Gasteiger partial charge >= 0.3 is 5.97 Å². The molecule has 0 aliphatic heterocycles. The molecular formula is C39H40F2N2O7. The average Bonchev–Trinajstić information content (AvgIpc) is 3.10. The van der Waals surface area contributed by atoms with Gasteiger partial charge in [0.05, 0.1) is 25.3 Å². The third kappa shape index (κ3) is 11.0. The number of carbonyl (C=O) groups is 4. The number of hydrogen-bond acceptors (Lipinski definition) is 7. The lowest BCUT2D eigenvalue weighted by molar-refractivity contribution is -0.118. The smallest absolute Gasteiger partial charge is 0.343 e. The zero-order valence-electron chi connectivity index (χ0n) is 28.2. The first-order valence-corrected chi connectivity index (χ1v) is 16.4. The molecule has 4 aromatic rings. The number of rotatable bonds is 17. The van der Waals surface area contributed by atoms with Crippen LogP contribution in [-0.2, 0) is 11.2 Å². The number of ketones is 1. The van der Waals surface area contributed by atoms with E-state index in [1.54, 1.807) is 42.5 Å². The molecule has 0 heterocycles. The van der Waals surface area contributed by atoms with Gasteiger partial charge in [-0.15, -0.1) is 0 Å². The molecule has 4 aromatic carbocycles. The second-order valence-electron chi connectivity index (χ2n) is 11.7. The summed E-state index contributed by atoms with van der Waals surface area (Å²) in [5.41, 5.74) is 1.29. The minimum atomic E-state index is -0.889. The molecular weight excluding hydrogens is 646 g/mol. The van der Waals surface area contributed by atoms with Gasteiger partial charge in [-0.05, 0) is 98.1 Å². The van der Waals surface area contributed by atoms with Crippen LogP contribution in [0.15, 0.2) is 84.9 Å². The van der Waals surface area contributed by atoms with E-state index >= 15 is 0 Å². The Morgan fingerprint density at radius 1 is 0.720 bits per heavy atom. The van der Waals surface area contributed by atoms with Crippen molar-refractivity contribution in [3.63, 3.8) is 0 Å². The summed E-state index contributed by atoms with van der Waals surface area (Å²) in [6, 6.07) is 19.0. The fourth-order valence-corrected chi connectivity index (χ4v) is 5.03.